The van der Waals surface area contributed by atoms with Crippen LogP contribution in [0.5, 0.6) is 0 Å². The second-order valence-electron chi connectivity index (χ2n) is 4.84. The Kier molecular flexibility index (Phi) is 4.24. The number of rotatable bonds is 3. The summed E-state index contributed by atoms with van der Waals surface area (Å²) < 4.78 is 0. The van der Waals surface area contributed by atoms with Crippen LogP contribution < -0.4 is 10.6 Å². The molecule has 1 aliphatic heterocycles. The van der Waals surface area contributed by atoms with Gasteiger partial charge in [0.15, 0.2) is 5.82 Å². The number of nitrogens with zero attached hydrogens (tertiary/aromatic N) is 3. The molecule has 0 aromatic carbocycles. The summed E-state index contributed by atoms with van der Waals surface area (Å²) >= 11 is 6.11. The number of aromatic nitrogens is 2. The van der Waals surface area contributed by atoms with Gasteiger partial charge in [-0.25, -0.2) is 4.98 Å². The van der Waals surface area contributed by atoms with E-state index in [0.29, 0.717) is 23.1 Å². The van der Waals surface area contributed by atoms with Gasteiger partial charge in [0, 0.05) is 25.7 Å². The minimum Gasteiger partial charge on any atom is -0.366 e. The smallest absolute Gasteiger partial charge is 0.224 e. The van der Waals surface area contributed by atoms with Crippen molar-refractivity contribution in [2.75, 3.05) is 31.3 Å². The molecule has 2 unspecified atom stereocenters. The summed E-state index contributed by atoms with van der Waals surface area (Å²) in [5.41, 5.74) is 0. The minimum atomic E-state index is 0.424. The Morgan fingerprint density at radius 3 is 2.94 bits per heavy atom. The topological polar surface area (TPSA) is 53.1 Å². The number of nitrogens with one attached hydrogen (secondary N) is 2. The van der Waals surface area contributed by atoms with E-state index in [2.05, 4.69) is 39.5 Å². The lowest BCUT2D eigenvalue weighted by atomic mass is 9.99. The van der Waals surface area contributed by atoms with Crippen molar-refractivity contribution in [1.29, 1.82) is 0 Å². The van der Waals surface area contributed by atoms with Crippen LogP contribution in [0.15, 0.2) is 6.20 Å². The number of halogens is 1. The third kappa shape index (κ3) is 3.03. The van der Waals surface area contributed by atoms with Crippen molar-refractivity contribution in [2.45, 2.75) is 31.8 Å². The molecule has 0 aliphatic carbocycles. The molecule has 2 atom stereocenters. The first-order valence-electron chi connectivity index (χ1n) is 6.27. The summed E-state index contributed by atoms with van der Waals surface area (Å²) in [4.78, 5) is 10.8. The van der Waals surface area contributed by atoms with Crippen molar-refractivity contribution in [1.82, 2.24) is 14.9 Å². The van der Waals surface area contributed by atoms with Gasteiger partial charge in [-0.15, -0.1) is 0 Å². The Morgan fingerprint density at radius 2 is 2.28 bits per heavy atom. The van der Waals surface area contributed by atoms with Crippen LogP contribution in [-0.4, -0.2) is 47.6 Å². The zero-order valence-electron chi connectivity index (χ0n) is 11.1. The van der Waals surface area contributed by atoms with Crippen molar-refractivity contribution in [2.24, 2.45) is 0 Å². The van der Waals surface area contributed by atoms with Crippen molar-refractivity contribution in [3.8, 4) is 0 Å². The molecule has 0 radical (unpaired) electrons. The van der Waals surface area contributed by atoms with E-state index in [1.165, 1.54) is 0 Å². The van der Waals surface area contributed by atoms with Crippen LogP contribution >= 0.6 is 11.6 Å². The quantitative estimate of drug-likeness (QED) is 0.880. The summed E-state index contributed by atoms with van der Waals surface area (Å²) in [6.07, 6.45) is 3.84. The molecule has 1 saturated heterocycles. The molecular formula is C12H20ClN5. The second-order valence-corrected chi connectivity index (χ2v) is 5.24. The predicted octanol–water partition coefficient (Wildman–Crippen LogP) is 2.07. The van der Waals surface area contributed by atoms with Gasteiger partial charge in [0.05, 0.1) is 6.20 Å². The average molecular weight is 270 g/mol. The van der Waals surface area contributed by atoms with Crippen LogP contribution in [0.1, 0.15) is 19.8 Å². The SMILES string of the molecule is CNc1ncc(Cl)c(NC2CCN(C)C(C)C2)n1. The minimum absolute atomic E-state index is 0.424. The summed E-state index contributed by atoms with van der Waals surface area (Å²) in [5.74, 6) is 1.31. The van der Waals surface area contributed by atoms with E-state index in [0.717, 1.165) is 25.2 Å². The molecular weight excluding hydrogens is 250 g/mol. The molecule has 1 fully saturated rings. The van der Waals surface area contributed by atoms with Gasteiger partial charge in [0.2, 0.25) is 5.95 Å². The standard InChI is InChI=1S/C12H20ClN5/c1-8-6-9(4-5-18(8)3)16-11-10(13)7-15-12(14-2)17-11/h7-9H,4-6H2,1-3H3,(H2,14,15,16,17). The molecule has 2 N–H and O–H groups in total. The van der Waals surface area contributed by atoms with E-state index in [-0.39, 0.29) is 0 Å². The van der Waals surface area contributed by atoms with Crippen molar-refractivity contribution in [3.63, 3.8) is 0 Å². The Hall–Kier alpha value is -1.07. The fourth-order valence-electron chi connectivity index (χ4n) is 2.20. The van der Waals surface area contributed by atoms with E-state index in [9.17, 15) is 0 Å². The largest absolute Gasteiger partial charge is 0.366 e. The molecule has 1 aromatic heterocycles. The number of anilines is 2. The van der Waals surface area contributed by atoms with Crippen molar-refractivity contribution >= 4 is 23.4 Å². The van der Waals surface area contributed by atoms with E-state index in [4.69, 9.17) is 11.6 Å². The number of piperidine rings is 1. The highest BCUT2D eigenvalue weighted by molar-refractivity contribution is 6.32. The normalized spacial score (nSPS) is 24.9. The van der Waals surface area contributed by atoms with Crippen LogP contribution in [0, 0.1) is 0 Å². The third-order valence-corrected chi connectivity index (χ3v) is 3.79. The molecule has 2 heterocycles. The van der Waals surface area contributed by atoms with Crippen LogP contribution in [-0.2, 0) is 0 Å². The average Bonchev–Trinajstić information content (AvgIpc) is 2.36. The third-order valence-electron chi connectivity index (χ3n) is 3.52. The highest BCUT2D eigenvalue weighted by atomic mass is 35.5. The first-order valence-corrected chi connectivity index (χ1v) is 6.65. The maximum absolute atomic E-state index is 6.11. The van der Waals surface area contributed by atoms with Gasteiger partial charge < -0.3 is 15.5 Å². The van der Waals surface area contributed by atoms with Crippen LogP contribution in [0.4, 0.5) is 11.8 Å². The fourth-order valence-corrected chi connectivity index (χ4v) is 2.35. The van der Waals surface area contributed by atoms with Gasteiger partial charge in [0.1, 0.15) is 5.02 Å². The number of likely N-dealkylation sites (tertiary alicyclic amines) is 1. The van der Waals surface area contributed by atoms with Crippen LogP contribution in [0.2, 0.25) is 5.02 Å². The molecule has 100 valence electrons. The summed E-state index contributed by atoms with van der Waals surface area (Å²) in [6, 6.07) is 1.01. The van der Waals surface area contributed by atoms with E-state index < -0.39 is 0 Å². The Labute approximate surface area is 113 Å². The van der Waals surface area contributed by atoms with Gasteiger partial charge >= 0.3 is 0 Å². The molecule has 18 heavy (non-hydrogen) atoms. The number of hydrogen-bond donors (Lipinski definition) is 2. The summed E-state index contributed by atoms with van der Waals surface area (Å²) in [6.45, 7) is 3.34. The number of hydrogen-bond acceptors (Lipinski definition) is 5. The molecule has 0 saturated carbocycles. The molecule has 0 spiro atoms. The van der Waals surface area contributed by atoms with Gasteiger partial charge in [0.25, 0.3) is 0 Å². The first-order chi connectivity index (χ1) is 8.60. The van der Waals surface area contributed by atoms with E-state index in [1.807, 2.05) is 0 Å². The monoisotopic (exact) mass is 269 g/mol. The predicted molar refractivity (Wildman–Crippen MR) is 75.3 cm³/mol. The molecule has 5 nitrogen and oxygen atoms in total. The van der Waals surface area contributed by atoms with Gasteiger partial charge in [-0.3, -0.25) is 0 Å². The molecule has 2 rings (SSSR count). The van der Waals surface area contributed by atoms with Gasteiger partial charge in [-0.05, 0) is 26.8 Å². The molecule has 0 amide bonds. The zero-order chi connectivity index (χ0) is 13.1. The highest BCUT2D eigenvalue weighted by Gasteiger charge is 2.23. The maximum atomic E-state index is 6.11. The van der Waals surface area contributed by atoms with Gasteiger partial charge in [-0.2, -0.15) is 4.98 Å². The lowest BCUT2D eigenvalue weighted by Gasteiger charge is -2.35. The Morgan fingerprint density at radius 1 is 1.50 bits per heavy atom. The van der Waals surface area contributed by atoms with Crippen molar-refractivity contribution in [3.05, 3.63) is 11.2 Å². The molecule has 6 heteroatoms. The lowest BCUT2D eigenvalue weighted by molar-refractivity contribution is 0.190. The van der Waals surface area contributed by atoms with Crippen molar-refractivity contribution < 1.29 is 0 Å². The van der Waals surface area contributed by atoms with Crippen LogP contribution in [0.3, 0.4) is 0 Å². The molecule has 0 bridgehead atoms. The van der Waals surface area contributed by atoms with E-state index in [1.54, 1.807) is 13.2 Å². The molecule has 1 aromatic rings. The zero-order valence-corrected chi connectivity index (χ0v) is 11.8. The van der Waals surface area contributed by atoms with E-state index >= 15 is 0 Å². The second kappa shape index (κ2) is 5.71. The fraction of sp³-hybridized carbons (Fsp3) is 0.667. The van der Waals surface area contributed by atoms with Gasteiger partial charge in [-0.1, -0.05) is 11.6 Å². The van der Waals surface area contributed by atoms with Crippen LogP contribution in [0.25, 0.3) is 0 Å². The summed E-state index contributed by atoms with van der Waals surface area (Å²) in [5, 5.41) is 6.91. The molecule has 1 aliphatic rings. The maximum Gasteiger partial charge on any atom is 0.224 e. The Bertz CT molecular complexity index is 411. The summed E-state index contributed by atoms with van der Waals surface area (Å²) in [7, 11) is 3.96. The highest BCUT2D eigenvalue weighted by Crippen LogP contribution is 2.24. The lowest BCUT2D eigenvalue weighted by Crippen LogP contribution is -2.42. The first kappa shape index (κ1) is 13.4. The Balaban J connectivity index is 2.05.